The highest BCUT2D eigenvalue weighted by Gasteiger charge is 2.32. The molecule has 3 N–H and O–H groups in total. The summed E-state index contributed by atoms with van der Waals surface area (Å²) in [4.78, 5) is 7.76. The third kappa shape index (κ3) is 3.13. The Morgan fingerprint density at radius 3 is 2.60 bits per heavy atom. The van der Waals surface area contributed by atoms with Crippen LogP contribution >= 0.6 is 0 Å². The molecule has 0 aliphatic carbocycles. The van der Waals surface area contributed by atoms with Crippen LogP contribution in [-0.2, 0) is 0 Å². The fraction of sp³-hybridized carbons (Fsp3) is 0.364. The third-order valence-corrected chi connectivity index (χ3v) is 6.26. The molecule has 0 radical (unpaired) electrons. The first-order valence-corrected chi connectivity index (χ1v) is 10.6. The van der Waals surface area contributed by atoms with Crippen LogP contribution in [0.2, 0.25) is 0 Å². The van der Waals surface area contributed by atoms with Crippen molar-refractivity contribution in [1.29, 1.82) is 0 Å². The van der Waals surface area contributed by atoms with E-state index in [2.05, 4.69) is 41.7 Å². The Morgan fingerprint density at radius 2 is 1.83 bits per heavy atom. The van der Waals surface area contributed by atoms with Gasteiger partial charge in [0.25, 0.3) is 0 Å². The molecule has 2 fully saturated rings. The van der Waals surface area contributed by atoms with Gasteiger partial charge in [-0.2, -0.15) is 5.10 Å². The lowest BCUT2D eigenvalue weighted by Crippen LogP contribution is -2.51. The Morgan fingerprint density at radius 1 is 0.967 bits per heavy atom. The number of ether oxygens (including phenoxy) is 1. The minimum absolute atomic E-state index is 0.217. The molecule has 152 valence electrons. The molecule has 0 spiro atoms. The number of nitrogens with one attached hydrogen (secondary N) is 3. The van der Waals surface area contributed by atoms with E-state index in [0.717, 1.165) is 46.3 Å². The summed E-state index contributed by atoms with van der Waals surface area (Å²) in [6.07, 6.45) is 11.5. The Balaban J connectivity index is 1.25. The maximum Gasteiger partial charge on any atom is 0.233 e. The van der Waals surface area contributed by atoms with Gasteiger partial charge in [-0.15, -0.1) is 10.2 Å². The topological polar surface area (TPSA) is 104 Å². The quantitative estimate of drug-likeness (QED) is 0.484. The van der Waals surface area contributed by atoms with Gasteiger partial charge in [-0.1, -0.05) is 12.5 Å². The summed E-state index contributed by atoms with van der Waals surface area (Å²) in [5.41, 5.74) is 5.59. The van der Waals surface area contributed by atoms with Crippen LogP contribution in [0, 0.1) is 0 Å². The molecule has 30 heavy (non-hydrogen) atoms. The molecule has 6 rings (SSSR count). The second kappa shape index (κ2) is 7.21. The van der Waals surface area contributed by atoms with Gasteiger partial charge >= 0.3 is 0 Å². The zero-order chi connectivity index (χ0) is 19.9. The highest BCUT2D eigenvalue weighted by molar-refractivity contribution is 5.99. The first-order valence-electron chi connectivity index (χ1n) is 10.6. The summed E-state index contributed by atoms with van der Waals surface area (Å²) in [6.45, 7) is 0. The molecule has 8 heteroatoms. The van der Waals surface area contributed by atoms with Crippen molar-refractivity contribution in [3.8, 4) is 28.3 Å². The summed E-state index contributed by atoms with van der Waals surface area (Å²) in [5, 5.41) is 19.4. The number of H-pyrrole nitrogens is 2. The first kappa shape index (κ1) is 17.6. The van der Waals surface area contributed by atoms with Crippen LogP contribution in [0.1, 0.15) is 32.1 Å². The Hall–Kier alpha value is -3.26. The summed E-state index contributed by atoms with van der Waals surface area (Å²) in [5.74, 6) is 0.594. The number of nitrogens with zero attached hydrogens (tertiary/aromatic N) is 4. The zero-order valence-electron chi connectivity index (χ0n) is 16.5. The Bertz CT molecular complexity index is 1140. The summed E-state index contributed by atoms with van der Waals surface area (Å²) in [7, 11) is 0. The molecule has 1 unspecified atom stereocenters. The van der Waals surface area contributed by atoms with Crippen molar-refractivity contribution in [3.05, 3.63) is 43.0 Å². The van der Waals surface area contributed by atoms with E-state index in [0.29, 0.717) is 18.0 Å². The van der Waals surface area contributed by atoms with Crippen molar-refractivity contribution in [2.24, 2.45) is 0 Å². The van der Waals surface area contributed by atoms with Crippen LogP contribution in [0.15, 0.2) is 43.0 Å². The maximum atomic E-state index is 6.18. The van der Waals surface area contributed by atoms with Crippen LogP contribution in [0.3, 0.4) is 0 Å². The van der Waals surface area contributed by atoms with Gasteiger partial charge in [-0.3, -0.25) is 5.10 Å². The minimum atomic E-state index is 0.217. The number of benzene rings is 1. The predicted molar refractivity (Wildman–Crippen MR) is 113 cm³/mol. The fourth-order valence-electron chi connectivity index (χ4n) is 4.89. The minimum Gasteiger partial charge on any atom is -0.473 e. The highest BCUT2D eigenvalue weighted by Crippen LogP contribution is 2.33. The van der Waals surface area contributed by atoms with Crippen LogP contribution in [0.4, 0.5) is 0 Å². The highest BCUT2D eigenvalue weighted by atomic mass is 16.5. The van der Waals surface area contributed by atoms with E-state index >= 15 is 0 Å². The van der Waals surface area contributed by atoms with Gasteiger partial charge in [-0.25, -0.2) is 4.98 Å². The van der Waals surface area contributed by atoms with E-state index in [9.17, 15) is 0 Å². The third-order valence-electron chi connectivity index (χ3n) is 6.26. The lowest BCUT2D eigenvalue weighted by molar-refractivity contribution is 0.0881. The summed E-state index contributed by atoms with van der Waals surface area (Å²) >= 11 is 0. The zero-order valence-corrected chi connectivity index (χ0v) is 16.5. The second-order valence-electron chi connectivity index (χ2n) is 8.23. The number of imidazole rings is 1. The fourth-order valence-corrected chi connectivity index (χ4v) is 4.89. The maximum absolute atomic E-state index is 6.18. The van der Waals surface area contributed by atoms with Gasteiger partial charge in [0.1, 0.15) is 6.10 Å². The molecule has 3 aromatic heterocycles. The van der Waals surface area contributed by atoms with E-state index in [4.69, 9.17) is 4.74 Å². The van der Waals surface area contributed by atoms with Gasteiger partial charge in [0.05, 0.1) is 29.3 Å². The standard InChI is InChI=1S/C22H23N7O/c1-2-14-8-16(9-15(3-1)27-14)30-20-7-6-19(28-29-20)18-5-4-17(13-10-25-26-11-13)21-22(18)24-12-23-21/h4-7,10-12,14-16,27H,1-3,8-9H2,(H,23,24)(H,25,26)/t14-,15+,16?. The van der Waals surface area contributed by atoms with Crippen LogP contribution in [-0.4, -0.2) is 48.6 Å². The molecule has 3 atom stereocenters. The normalized spacial score (nSPS) is 23.5. The van der Waals surface area contributed by atoms with E-state index in [1.807, 2.05) is 24.4 Å². The average Bonchev–Trinajstić information content (AvgIpc) is 3.46. The van der Waals surface area contributed by atoms with E-state index in [-0.39, 0.29) is 6.10 Å². The van der Waals surface area contributed by atoms with Crippen molar-refractivity contribution in [2.75, 3.05) is 0 Å². The monoisotopic (exact) mass is 401 g/mol. The molecule has 8 nitrogen and oxygen atoms in total. The first-order chi connectivity index (χ1) is 14.8. The Labute approximate surface area is 173 Å². The van der Waals surface area contributed by atoms with Gasteiger partial charge in [0.15, 0.2) is 0 Å². The number of hydrogen-bond donors (Lipinski definition) is 3. The van der Waals surface area contributed by atoms with Crippen molar-refractivity contribution in [2.45, 2.75) is 50.3 Å². The van der Waals surface area contributed by atoms with Crippen LogP contribution < -0.4 is 10.1 Å². The number of piperidine rings is 2. The lowest BCUT2D eigenvalue weighted by Gasteiger charge is -2.39. The molecule has 2 saturated heterocycles. The molecular formula is C22H23N7O. The molecule has 0 amide bonds. The van der Waals surface area contributed by atoms with Gasteiger partial charge < -0.3 is 15.0 Å². The van der Waals surface area contributed by atoms with Gasteiger partial charge in [-0.05, 0) is 37.8 Å². The largest absolute Gasteiger partial charge is 0.473 e. The number of fused-ring (bicyclic) bond motifs is 3. The SMILES string of the molecule is c1nc2c(-c3ccc(OC4C[C@H]5CCC[C@@H](C4)N5)nn3)ccc(-c3cn[nH]c3)c2[nH]1. The number of aromatic amines is 2. The molecule has 4 aromatic rings. The van der Waals surface area contributed by atoms with E-state index in [1.54, 1.807) is 12.5 Å². The average molecular weight is 401 g/mol. The van der Waals surface area contributed by atoms with Crippen LogP contribution in [0.25, 0.3) is 33.4 Å². The molecule has 0 saturated carbocycles. The molecule has 2 bridgehead atoms. The van der Waals surface area contributed by atoms with E-state index < -0.39 is 0 Å². The number of rotatable bonds is 4. The number of aromatic nitrogens is 6. The van der Waals surface area contributed by atoms with Crippen molar-refractivity contribution < 1.29 is 4.74 Å². The lowest BCUT2D eigenvalue weighted by atomic mass is 9.85. The Kier molecular flexibility index (Phi) is 4.23. The summed E-state index contributed by atoms with van der Waals surface area (Å²) in [6, 6.07) is 9.13. The predicted octanol–water partition coefficient (Wildman–Crippen LogP) is 3.46. The second-order valence-corrected chi connectivity index (χ2v) is 8.23. The van der Waals surface area contributed by atoms with Crippen molar-refractivity contribution >= 4 is 11.0 Å². The van der Waals surface area contributed by atoms with Crippen LogP contribution in [0.5, 0.6) is 5.88 Å². The molecule has 1 aromatic carbocycles. The molecule has 2 aliphatic rings. The van der Waals surface area contributed by atoms with Crippen molar-refractivity contribution in [1.82, 2.24) is 35.7 Å². The molecule has 2 aliphatic heterocycles. The molecular weight excluding hydrogens is 378 g/mol. The summed E-state index contributed by atoms with van der Waals surface area (Å²) < 4.78 is 6.18. The smallest absolute Gasteiger partial charge is 0.233 e. The molecule has 5 heterocycles. The van der Waals surface area contributed by atoms with E-state index in [1.165, 1.54) is 19.3 Å². The van der Waals surface area contributed by atoms with Gasteiger partial charge in [0.2, 0.25) is 5.88 Å². The van der Waals surface area contributed by atoms with Crippen molar-refractivity contribution in [3.63, 3.8) is 0 Å². The number of hydrogen-bond acceptors (Lipinski definition) is 6. The van der Waals surface area contributed by atoms with Gasteiger partial charge in [0, 0.05) is 41.0 Å².